The van der Waals surface area contributed by atoms with Crippen molar-refractivity contribution in [1.82, 2.24) is 79.0 Å². The Kier molecular flexibility index (Phi) is 39.2. The van der Waals surface area contributed by atoms with Crippen molar-refractivity contribution >= 4 is 150 Å². The molecule has 134 heavy (non-hydrogen) atoms. The molecule has 41 nitrogen and oxygen atoms in total. The average molecular weight is 1900 g/mol. The average Bonchev–Trinajstić information content (AvgIpc) is 1.79. The standard InChI is InChI=1S/C91H121N19O22S2/c1-49-18-17-23-60-58(47-97-73(49)60)44-65-80(122)99-61(24-15-16-36-96-51(3)112)78(120)108-76(90(7,8)134-133-89(5,6)75(98-52(4)113)85(127)104-67(46-70(94)115)82(124)107-74(50(2)111)84(126)102-65)86(128)103-63(41-54-26-29-59(30-27-54)132-39-35-92)79(121)100-64(43-55-25-28-56-21-13-14-22-57(56)40-55)83(125)109-91(33-37-131-38-34-91)88(130)106-62(31-32-72(117)118)77(119)101-66(45-69(93)114)81(123)105-68(42-53-19-11-10-12-20-53)87(129)110(9)48-71(95)116/h10-14,17-23,25-30,40,47,50,61-68,74-76,97,111H,15-16,24,31-39,41-46,48,92H2,1-9H3,(H2,93,114)(H2,94,115)(H2,95,116)(H,96,112)(H,98,113)(H,99,122)(H,100,121)(H,101,119)(H,102,126)(H,103,128)(H,104,127)(H,105,123)(H,106,130)(H,107,124)(H,108,120)(H,109,125)(H,117,118)/t50-,61+,62+,63+,64+,65?,66+,67?,68+,74+,75?,76?/m1/s1. The van der Waals surface area contributed by atoms with Gasteiger partial charge >= 0.3 is 5.97 Å². The summed E-state index contributed by atoms with van der Waals surface area (Å²) in [5.74, 6) is -18.4. The van der Waals surface area contributed by atoms with Crippen LogP contribution in [0.3, 0.4) is 0 Å². The van der Waals surface area contributed by atoms with Crippen LogP contribution in [0.15, 0.2) is 121 Å². The number of nitrogens with zero attached hydrogens (tertiary/aromatic N) is 1. The molecule has 0 radical (unpaired) electrons. The number of ether oxygens (including phenoxy) is 2. The van der Waals surface area contributed by atoms with E-state index >= 15 is 28.8 Å². The van der Waals surface area contributed by atoms with Crippen LogP contribution in [0.1, 0.15) is 134 Å². The molecule has 2 aliphatic rings. The molecule has 24 N–H and O–H groups in total. The van der Waals surface area contributed by atoms with E-state index in [-0.39, 0.29) is 90.2 Å². The minimum atomic E-state index is -2.10. The van der Waals surface area contributed by atoms with Gasteiger partial charge in [-0.2, -0.15) is 0 Å². The number of amides is 17. The number of carboxylic acid groups (broad SMARTS) is 1. The highest BCUT2D eigenvalue weighted by molar-refractivity contribution is 8.77. The van der Waals surface area contributed by atoms with E-state index in [1.54, 1.807) is 109 Å². The second-order valence-corrected chi connectivity index (χ2v) is 37.7. The molecule has 8 rings (SSSR count). The quantitative estimate of drug-likeness (QED) is 0.0153. The van der Waals surface area contributed by atoms with Gasteiger partial charge in [0, 0.05) is 119 Å². The zero-order valence-electron chi connectivity index (χ0n) is 76.0. The molecule has 4 unspecified atom stereocenters. The fourth-order valence-corrected chi connectivity index (χ4v) is 18.1. The molecule has 0 bridgehead atoms. The third-order valence-electron chi connectivity index (χ3n) is 22.5. The molecule has 5 aromatic carbocycles. The molecule has 3 heterocycles. The number of aryl methyl sites for hydroxylation is 1. The van der Waals surface area contributed by atoms with Gasteiger partial charge in [-0.3, -0.25) is 86.3 Å². The van der Waals surface area contributed by atoms with Gasteiger partial charge in [-0.25, -0.2) is 0 Å². The highest BCUT2D eigenvalue weighted by atomic mass is 33.1. The number of para-hydroxylation sites is 1. The first-order chi connectivity index (χ1) is 63.4. The van der Waals surface area contributed by atoms with Crippen LogP contribution in [0, 0.1) is 6.92 Å². The van der Waals surface area contributed by atoms with Crippen LogP contribution in [0.5, 0.6) is 5.75 Å². The second-order valence-electron chi connectivity index (χ2n) is 34.3. The molecule has 2 saturated heterocycles. The normalized spacial score (nSPS) is 19.5. The first kappa shape index (κ1) is 106. The number of nitrogens with one attached hydrogen (secondary N) is 14. The summed E-state index contributed by atoms with van der Waals surface area (Å²) in [7, 11) is 3.03. The van der Waals surface area contributed by atoms with E-state index in [1.807, 2.05) is 19.1 Å². The lowest BCUT2D eigenvalue weighted by Gasteiger charge is -2.39. The molecule has 6 aromatic rings. The Labute approximate surface area is 781 Å². The van der Waals surface area contributed by atoms with Gasteiger partial charge < -0.3 is 122 Å². The Morgan fingerprint density at radius 2 is 1.18 bits per heavy atom. The van der Waals surface area contributed by atoms with Crippen molar-refractivity contribution in [2.75, 3.05) is 46.5 Å². The number of aromatic nitrogens is 1. The van der Waals surface area contributed by atoms with Crippen molar-refractivity contribution in [1.29, 1.82) is 0 Å². The lowest BCUT2D eigenvalue weighted by molar-refractivity contribution is -0.142. The fourth-order valence-electron chi connectivity index (χ4n) is 15.2. The second kappa shape index (κ2) is 49.5. The van der Waals surface area contributed by atoms with Gasteiger partial charge in [0.2, 0.25) is 100 Å². The molecular weight excluding hydrogens is 1780 g/mol. The number of carboxylic acids is 1. The molecule has 724 valence electrons. The van der Waals surface area contributed by atoms with Crippen molar-refractivity contribution in [2.24, 2.45) is 22.9 Å². The van der Waals surface area contributed by atoms with E-state index in [2.05, 4.69) is 74.1 Å². The first-order valence-corrected chi connectivity index (χ1v) is 45.8. The van der Waals surface area contributed by atoms with Crippen molar-refractivity contribution in [2.45, 2.75) is 226 Å². The molecular formula is C91H121N19O22S2. The maximum atomic E-state index is 16.4. The van der Waals surface area contributed by atoms with Crippen LogP contribution in [-0.2, 0) is 117 Å². The monoisotopic (exact) mass is 1900 g/mol. The summed E-state index contributed by atoms with van der Waals surface area (Å²) >= 11 is 0. The number of aliphatic hydroxyl groups is 1. The molecule has 1 aromatic heterocycles. The van der Waals surface area contributed by atoms with Crippen LogP contribution < -0.4 is 96.8 Å². The van der Waals surface area contributed by atoms with E-state index in [9.17, 15) is 67.7 Å². The number of carbonyl (C=O) groups excluding carboxylic acids is 17. The SMILES string of the molecule is CC(=O)NCCCC[C@@H]1NC(=O)C(Cc2c[nH]c3c(C)cccc23)NC(=O)[C@H]([C@@H](C)O)NC(=O)C(CC(N)=O)NC(=O)C(NC(C)=O)C(C)(C)SSC(C)(C)C(C(=O)N[C@@H](Cc2ccc(OCCN)cc2)C(=O)N[C@@H](Cc2ccc3ccccc3c2)C(=O)NC2(C(=O)N[C@@H](CCC(=O)O)C(=O)N[C@@H](CC(N)=O)C(=O)N[C@@H](Cc3ccccc3)C(=O)N(C)CC(N)=O)CCOCC2)NC1=O. The van der Waals surface area contributed by atoms with Gasteiger partial charge in [0.05, 0.1) is 25.5 Å². The van der Waals surface area contributed by atoms with Gasteiger partial charge in [0.25, 0.3) is 0 Å². The number of fused-ring (bicyclic) bond motifs is 2. The Hall–Kier alpha value is -13.3. The third-order valence-corrected chi connectivity index (χ3v) is 26.7. The molecule has 12 atom stereocenters. The van der Waals surface area contributed by atoms with E-state index in [4.69, 9.17) is 32.4 Å². The predicted molar refractivity (Wildman–Crippen MR) is 496 cm³/mol. The third kappa shape index (κ3) is 31.5. The lowest BCUT2D eigenvalue weighted by Crippen LogP contribution is -2.67. The first-order valence-electron chi connectivity index (χ1n) is 43.7. The number of benzene rings is 5. The van der Waals surface area contributed by atoms with E-state index in [1.165, 1.54) is 41.7 Å². The van der Waals surface area contributed by atoms with Crippen LogP contribution in [0.4, 0.5) is 0 Å². The minimum Gasteiger partial charge on any atom is -0.492 e. The van der Waals surface area contributed by atoms with Gasteiger partial charge in [-0.15, -0.1) is 0 Å². The minimum absolute atomic E-state index is 0.0916. The number of H-pyrrole nitrogens is 1. The number of likely N-dealkylation sites (N-methyl/N-ethyl adjacent to an activating group) is 1. The molecule has 0 spiro atoms. The number of unbranched alkanes of at least 4 members (excludes halogenated alkanes) is 1. The fraction of sp³-hybridized carbons (Fsp3) is 0.473. The number of carbonyl (C=O) groups is 18. The topological polar surface area (TPSA) is 646 Å². The summed E-state index contributed by atoms with van der Waals surface area (Å²) in [5.41, 5.74) is 23.6. The largest absolute Gasteiger partial charge is 0.492 e. The van der Waals surface area contributed by atoms with Crippen molar-refractivity contribution in [3.05, 3.63) is 149 Å². The zero-order chi connectivity index (χ0) is 98.5. The highest BCUT2D eigenvalue weighted by Gasteiger charge is 2.49. The number of hydrogen-bond donors (Lipinski definition) is 20. The molecule has 2 fully saturated rings. The maximum absolute atomic E-state index is 16.4. The summed E-state index contributed by atoms with van der Waals surface area (Å²) in [6, 6.07) is 12.8. The number of nitrogens with two attached hydrogens (primary N) is 4. The van der Waals surface area contributed by atoms with E-state index in [0.29, 0.717) is 44.3 Å². The van der Waals surface area contributed by atoms with Crippen LogP contribution in [0.2, 0.25) is 0 Å². The van der Waals surface area contributed by atoms with Crippen LogP contribution >= 0.6 is 21.6 Å². The molecule has 17 amide bonds. The van der Waals surface area contributed by atoms with E-state index in [0.717, 1.165) is 51.3 Å². The lowest BCUT2D eigenvalue weighted by atomic mass is 9.87. The summed E-state index contributed by atoms with van der Waals surface area (Å²) in [6.07, 6.45) is -5.35. The summed E-state index contributed by atoms with van der Waals surface area (Å²) in [6.45, 7) is 10.7. The predicted octanol–water partition coefficient (Wildman–Crippen LogP) is -1.55. The Morgan fingerprint density at radius 3 is 1.82 bits per heavy atom. The Bertz CT molecular complexity index is 5270. The van der Waals surface area contributed by atoms with Crippen molar-refractivity contribution in [3.8, 4) is 5.75 Å². The number of hydrogen-bond acceptors (Lipinski definition) is 24. The van der Waals surface area contributed by atoms with Gasteiger partial charge in [0.15, 0.2) is 0 Å². The van der Waals surface area contributed by atoms with Crippen molar-refractivity contribution in [3.63, 3.8) is 0 Å². The van der Waals surface area contributed by atoms with Gasteiger partial charge in [-0.1, -0.05) is 125 Å². The summed E-state index contributed by atoms with van der Waals surface area (Å²) in [4.78, 5) is 262. The molecule has 0 saturated carbocycles. The molecule has 0 aliphatic carbocycles. The van der Waals surface area contributed by atoms with E-state index < -0.39 is 227 Å². The van der Waals surface area contributed by atoms with Crippen LogP contribution in [0.25, 0.3) is 21.7 Å². The summed E-state index contributed by atoms with van der Waals surface area (Å²) < 4.78 is 8.26. The molecule has 43 heteroatoms. The summed E-state index contributed by atoms with van der Waals surface area (Å²) in [5, 5.41) is 57.8. The number of primary amides is 3. The molecule has 2 aliphatic heterocycles. The Morgan fingerprint density at radius 1 is 0.597 bits per heavy atom. The number of rotatable bonds is 40. The van der Waals surface area contributed by atoms with Crippen LogP contribution in [-0.4, -0.2) is 261 Å². The number of aliphatic carboxylic acids is 1. The number of aliphatic hydroxyl groups excluding tert-OH is 1. The van der Waals surface area contributed by atoms with Gasteiger partial charge in [-0.05, 0) is 118 Å². The smallest absolute Gasteiger partial charge is 0.303 e. The highest BCUT2D eigenvalue weighted by Crippen LogP contribution is 2.47. The number of aromatic amines is 1. The van der Waals surface area contributed by atoms with Gasteiger partial charge in [0.1, 0.15) is 84.4 Å². The van der Waals surface area contributed by atoms with Crippen molar-refractivity contribution < 1.29 is 106 Å². The maximum Gasteiger partial charge on any atom is 0.303 e. The Balaban J connectivity index is 1.22. The zero-order valence-corrected chi connectivity index (χ0v) is 77.7.